The lowest BCUT2D eigenvalue weighted by atomic mass is 10.0. The first-order chi connectivity index (χ1) is 12.3. The summed E-state index contributed by atoms with van der Waals surface area (Å²) in [5, 5.41) is 2.49. The van der Waals surface area contributed by atoms with Crippen molar-refractivity contribution in [3.63, 3.8) is 0 Å². The molecule has 1 aliphatic heterocycles. The average molecular weight is 365 g/mol. The number of imide groups is 1. The summed E-state index contributed by atoms with van der Waals surface area (Å²) in [6.45, 7) is 3.95. The minimum atomic E-state index is -0.631. The summed E-state index contributed by atoms with van der Waals surface area (Å²) in [4.78, 5) is 60.3. The molecule has 0 aromatic carbocycles. The topological polar surface area (TPSA) is 104 Å². The van der Waals surface area contributed by atoms with Crippen molar-refractivity contribution < 1.29 is 24.0 Å². The van der Waals surface area contributed by atoms with Crippen LogP contribution in [0.25, 0.3) is 0 Å². The quantitative estimate of drug-likeness (QED) is 0.322. The van der Waals surface area contributed by atoms with Crippen LogP contribution in [0.5, 0.6) is 0 Å². The van der Waals surface area contributed by atoms with Gasteiger partial charge in [-0.1, -0.05) is 20.3 Å². The third kappa shape index (κ3) is 6.09. The average Bonchev–Trinajstić information content (AvgIpc) is 2.90. The van der Waals surface area contributed by atoms with E-state index < -0.39 is 6.04 Å². The van der Waals surface area contributed by atoms with E-state index >= 15 is 0 Å². The van der Waals surface area contributed by atoms with E-state index in [2.05, 4.69) is 5.32 Å². The highest BCUT2D eigenvalue weighted by atomic mass is 16.2. The number of rotatable bonds is 11. The lowest BCUT2D eigenvalue weighted by molar-refractivity contribution is -0.140. The van der Waals surface area contributed by atoms with Gasteiger partial charge in [0, 0.05) is 32.2 Å². The molecule has 0 aromatic rings. The second-order valence-corrected chi connectivity index (χ2v) is 6.58. The van der Waals surface area contributed by atoms with Gasteiger partial charge in [-0.05, 0) is 18.8 Å². The van der Waals surface area contributed by atoms with Gasteiger partial charge in [-0.3, -0.25) is 24.1 Å². The van der Waals surface area contributed by atoms with Crippen molar-refractivity contribution in [2.45, 2.75) is 45.6 Å². The Morgan fingerprint density at radius 3 is 2.31 bits per heavy atom. The maximum atomic E-state index is 12.3. The molecule has 0 saturated carbocycles. The van der Waals surface area contributed by atoms with E-state index in [1.54, 1.807) is 7.05 Å². The Balaban J connectivity index is 2.38. The second kappa shape index (κ2) is 10.5. The first kappa shape index (κ1) is 21.5. The molecule has 0 fully saturated rings. The molecule has 0 aliphatic carbocycles. The van der Waals surface area contributed by atoms with Crippen molar-refractivity contribution in [1.82, 2.24) is 15.1 Å². The van der Waals surface area contributed by atoms with Crippen molar-refractivity contribution in [2.75, 3.05) is 20.1 Å². The number of likely N-dealkylation sites (N-methyl/N-ethyl adjacent to an activating group) is 1. The Labute approximate surface area is 153 Å². The number of carbonyl (C=O) groups is 5. The summed E-state index contributed by atoms with van der Waals surface area (Å²) in [5.74, 6) is -1.18. The van der Waals surface area contributed by atoms with Crippen LogP contribution in [-0.4, -0.2) is 65.9 Å². The zero-order valence-electron chi connectivity index (χ0n) is 15.6. The van der Waals surface area contributed by atoms with E-state index in [-0.39, 0.29) is 42.5 Å². The highest BCUT2D eigenvalue weighted by Crippen LogP contribution is 2.13. The summed E-state index contributed by atoms with van der Waals surface area (Å²) in [5.41, 5.74) is 0. The van der Waals surface area contributed by atoms with E-state index in [1.807, 2.05) is 13.8 Å². The fourth-order valence-corrected chi connectivity index (χ4v) is 2.88. The molecule has 8 nitrogen and oxygen atoms in total. The maximum absolute atomic E-state index is 12.3. The van der Waals surface area contributed by atoms with Gasteiger partial charge in [-0.15, -0.1) is 0 Å². The molecule has 1 atom stereocenters. The minimum Gasteiger partial charge on any atom is -0.348 e. The minimum absolute atomic E-state index is 0.0765. The summed E-state index contributed by atoms with van der Waals surface area (Å²) in [7, 11) is 1.58. The fraction of sp³-hybridized carbons (Fsp3) is 0.611. The number of nitrogens with zero attached hydrogens (tertiary/aromatic N) is 2. The lowest BCUT2D eigenvalue weighted by Crippen LogP contribution is -2.50. The number of carbonyl (C=O) groups excluding carboxylic acids is 5. The Kier molecular flexibility index (Phi) is 8.67. The Morgan fingerprint density at radius 1 is 1.15 bits per heavy atom. The summed E-state index contributed by atoms with van der Waals surface area (Å²) in [6, 6.07) is -0.631. The van der Waals surface area contributed by atoms with E-state index in [9.17, 15) is 24.0 Å². The molecule has 0 spiro atoms. The van der Waals surface area contributed by atoms with E-state index in [0.29, 0.717) is 32.1 Å². The smallest absolute Gasteiger partial charge is 0.253 e. The van der Waals surface area contributed by atoms with Crippen LogP contribution in [0, 0.1) is 5.92 Å². The second-order valence-electron chi connectivity index (χ2n) is 6.58. The van der Waals surface area contributed by atoms with Crippen molar-refractivity contribution >= 4 is 29.9 Å². The maximum Gasteiger partial charge on any atom is 0.253 e. The van der Waals surface area contributed by atoms with Gasteiger partial charge in [0.05, 0.1) is 6.54 Å². The zero-order valence-corrected chi connectivity index (χ0v) is 15.6. The monoisotopic (exact) mass is 365 g/mol. The van der Waals surface area contributed by atoms with Crippen LogP contribution in [0.2, 0.25) is 0 Å². The highest BCUT2D eigenvalue weighted by Gasteiger charge is 2.29. The lowest BCUT2D eigenvalue weighted by Gasteiger charge is -2.30. The van der Waals surface area contributed by atoms with Gasteiger partial charge in [-0.2, -0.15) is 0 Å². The van der Waals surface area contributed by atoms with Crippen molar-refractivity contribution in [3.05, 3.63) is 12.2 Å². The molecule has 26 heavy (non-hydrogen) atoms. The Hall–Kier alpha value is -2.51. The van der Waals surface area contributed by atoms with Crippen molar-refractivity contribution in [2.24, 2.45) is 5.92 Å². The molecule has 1 aliphatic rings. The van der Waals surface area contributed by atoms with Gasteiger partial charge >= 0.3 is 0 Å². The fourth-order valence-electron chi connectivity index (χ4n) is 2.88. The predicted molar refractivity (Wildman–Crippen MR) is 94.8 cm³/mol. The van der Waals surface area contributed by atoms with Gasteiger partial charge in [0.2, 0.25) is 11.8 Å². The molecule has 0 radical (unpaired) electrons. The van der Waals surface area contributed by atoms with Crippen molar-refractivity contribution in [3.8, 4) is 0 Å². The number of unbranched alkanes of at least 4 members (excludes halogenated alkanes) is 2. The van der Waals surface area contributed by atoms with E-state index in [0.717, 1.165) is 0 Å². The molecular weight excluding hydrogens is 338 g/mol. The summed E-state index contributed by atoms with van der Waals surface area (Å²) in [6.07, 6.45) is 5.31. The highest BCUT2D eigenvalue weighted by molar-refractivity contribution is 6.12. The van der Waals surface area contributed by atoms with Crippen LogP contribution in [0.1, 0.15) is 39.5 Å². The van der Waals surface area contributed by atoms with Gasteiger partial charge < -0.3 is 15.0 Å². The van der Waals surface area contributed by atoms with Gasteiger partial charge in [0.25, 0.3) is 11.8 Å². The van der Waals surface area contributed by atoms with Crippen LogP contribution in [0.3, 0.4) is 0 Å². The molecule has 1 rings (SSSR count). The zero-order chi connectivity index (χ0) is 19.7. The van der Waals surface area contributed by atoms with Gasteiger partial charge in [0.1, 0.15) is 12.3 Å². The number of hydrogen-bond acceptors (Lipinski definition) is 5. The molecule has 1 N–H and O–H groups in total. The van der Waals surface area contributed by atoms with Crippen molar-refractivity contribution in [1.29, 1.82) is 0 Å². The molecule has 0 saturated heterocycles. The first-order valence-corrected chi connectivity index (χ1v) is 8.80. The number of amides is 4. The van der Waals surface area contributed by atoms with Crippen LogP contribution in [0.15, 0.2) is 12.2 Å². The molecule has 8 heteroatoms. The Bertz CT molecular complexity index is 567. The number of hydrogen-bond donors (Lipinski definition) is 1. The van der Waals surface area contributed by atoms with Gasteiger partial charge in [-0.25, -0.2) is 0 Å². The molecule has 4 amide bonds. The molecular formula is C18H27N3O5. The van der Waals surface area contributed by atoms with Gasteiger partial charge in [0.15, 0.2) is 0 Å². The third-order valence-corrected chi connectivity index (χ3v) is 4.24. The van der Waals surface area contributed by atoms with E-state index in [1.165, 1.54) is 22.0 Å². The van der Waals surface area contributed by atoms with E-state index in [4.69, 9.17) is 0 Å². The summed E-state index contributed by atoms with van der Waals surface area (Å²) >= 11 is 0. The van der Waals surface area contributed by atoms with Crippen LogP contribution in [0.4, 0.5) is 0 Å². The van der Waals surface area contributed by atoms with Crippen LogP contribution in [-0.2, 0) is 24.0 Å². The SMILES string of the molecule is CC(C)[C@@H](C(=O)NCC=O)N(C)C(=O)CCCCCN1C(=O)C=CC1=O. The predicted octanol–water partition coefficient (Wildman–Crippen LogP) is 0.270. The first-order valence-electron chi connectivity index (χ1n) is 8.80. The van der Waals surface area contributed by atoms with Crippen LogP contribution < -0.4 is 5.32 Å². The normalized spacial score (nSPS) is 14.7. The molecule has 144 valence electrons. The number of nitrogens with one attached hydrogen (secondary N) is 1. The molecule has 0 aromatic heterocycles. The standard InChI is InChI=1S/C18H27N3O5/c1-13(2)17(18(26)19-10-12-22)20(3)14(23)7-5-4-6-11-21-15(24)8-9-16(21)25/h8-9,12-13,17H,4-7,10-11H2,1-3H3,(H,19,26)/t17-/m0/s1. The van der Waals surface area contributed by atoms with Crippen LogP contribution >= 0.6 is 0 Å². The summed E-state index contributed by atoms with van der Waals surface area (Å²) < 4.78 is 0. The largest absolute Gasteiger partial charge is 0.348 e. The molecule has 1 heterocycles. The number of aldehydes is 1. The molecule has 0 bridgehead atoms. The molecule has 0 unspecified atom stereocenters. The third-order valence-electron chi connectivity index (χ3n) is 4.24. The Morgan fingerprint density at radius 2 is 1.77 bits per heavy atom.